The summed E-state index contributed by atoms with van der Waals surface area (Å²) in [6, 6.07) is 8.40. The number of alkyl halides is 3. The highest BCUT2D eigenvalue weighted by atomic mass is 19.4. The fraction of sp³-hybridized carbons (Fsp3) is 0.419. The Morgan fingerprint density at radius 2 is 1.74 bits per heavy atom. The molecule has 1 saturated heterocycles. The predicted octanol–water partition coefficient (Wildman–Crippen LogP) is 2.12. The molecule has 3 aromatic rings. The van der Waals surface area contributed by atoms with Gasteiger partial charge in [-0.15, -0.1) is 0 Å². The summed E-state index contributed by atoms with van der Waals surface area (Å²) in [4.78, 5) is 41.5. The molecule has 246 valence electrons. The minimum absolute atomic E-state index is 0.0546. The number of hydrogen-bond donors (Lipinski definition) is 3. The number of rotatable bonds is 10. The zero-order valence-corrected chi connectivity index (χ0v) is 25.6. The van der Waals surface area contributed by atoms with Crippen LogP contribution in [0.15, 0.2) is 41.2 Å². The number of methoxy groups -OCH3 is 2. The first kappa shape index (κ1) is 32.6. The number of aromatic nitrogens is 2. The molecule has 15 heteroatoms. The summed E-state index contributed by atoms with van der Waals surface area (Å²) in [5, 5.41) is 19.9. The molecule has 2 aliphatic rings. The molecule has 1 atom stereocenters. The Morgan fingerprint density at radius 3 is 2.35 bits per heavy atom. The standard InChI is InChI=1S/C31H35F3N6O6/c1-18(41)35-8-9-36-27(43)17-39-11-7-24-28(19-12-22(45-2)15-23(13-19)46-3)37-40(30(44)29(24)39)26-14-20(38-10-6-21(42)16-38)4-5-25(26)31(32,33)34/h4-5,12-15,21,42H,6-11,16-17H2,1-3H3,(H,35,41)(H,36,43)/t21-/m0/s1. The quantitative estimate of drug-likeness (QED) is 0.284. The van der Waals surface area contributed by atoms with E-state index in [1.54, 1.807) is 23.1 Å². The van der Waals surface area contributed by atoms with Crippen molar-refractivity contribution in [2.45, 2.75) is 32.0 Å². The number of anilines is 2. The zero-order valence-electron chi connectivity index (χ0n) is 25.6. The number of β-amino-alcohol motifs (C(OH)–C–C–N with tert-alkyl or cyclic N) is 1. The normalized spacial score (nSPS) is 15.9. The summed E-state index contributed by atoms with van der Waals surface area (Å²) >= 11 is 0. The van der Waals surface area contributed by atoms with Crippen LogP contribution < -0.4 is 35.5 Å². The number of aliphatic hydroxyl groups is 1. The first-order valence-electron chi connectivity index (χ1n) is 14.7. The maximum atomic E-state index is 14.5. The third kappa shape index (κ3) is 6.88. The van der Waals surface area contributed by atoms with Crippen LogP contribution in [0.2, 0.25) is 0 Å². The molecule has 1 aromatic heterocycles. The molecule has 0 spiro atoms. The molecule has 3 heterocycles. The third-order valence-electron chi connectivity index (χ3n) is 7.94. The summed E-state index contributed by atoms with van der Waals surface area (Å²) < 4.78 is 55.0. The minimum Gasteiger partial charge on any atom is -0.497 e. The molecule has 3 N–H and O–H groups in total. The van der Waals surface area contributed by atoms with Crippen LogP contribution >= 0.6 is 0 Å². The van der Waals surface area contributed by atoms with E-state index in [2.05, 4.69) is 15.7 Å². The van der Waals surface area contributed by atoms with Gasteiger partial charge >= 0.3 is 6.18 Å². The van der Waals surface area contributed by atoms with Crippen LogP contribution in [0, 0.1) is 0 Å². The fourth-order valence-corrected chi connectivity index (χ4v) is 5.74. The molecule has 0 saturated carbocycles. The number of carbonyl (C=O) groups excluding carboxylic acids is 2. The van der Waals surface area contributed by atoms with E-state index in [9.17, 15) is 32.7 Å². The van der Waals surface area contributed by atoms with Crippen LogP contribution in [0.25, 0.3) is 16.9 Å². The number of ether oxygens (including phenoxy) is 2. The summed E-state index contributed by atoms with van der Waals surface area (Å²) in [7, 11) is 2.92. The monoisotopic (exact) mass is 644 g/mol. The Morgan fingerprint density at radius 1 is 1.04 bits per heavy atom. The third-order valence-corrected chi connectivity index (χ3v) is 7.94. The van der Waals surface area contributed by atoms with Crippen molar-refractivity contribution >= 4 is 23.2 Å². The summed E-state index contributed by atoms with van der Waals surface area (Å²) in [6.07, 6.45) is -4.70. The van der Waals surface area contributed by atoms with Gasteiger partial charge in [0.25, 0.3) is 5.56 Å². The molecule has 0 bridgehead atoms. The van der Waals surface area contributed by atoms with Gasteiger partial charge in [-0.3, -0.25) is 14.4 Å². The number of benzene rings is 2. The molecule has 46 heavy (non-hydrogen) atoms. The van der Waals surface area contributed by atoms with Gasteiger partial charge in [0.05, 0.1) is 43.8 Å². The highest BCUT2D eigenvalue weighted by Crippen LogP contribution is 2.39. The molecule has 2 aliphatic heterocycles. The second-order valence-electron chi connectivity index (χ2n) is 11.1. The van der Waals surface area contributed by atoms with Gasteiger partial charge in [-0.05, 0) is 43.2 Å². The number of aliphatic hydroxyl groups excluding tert-OH is 1. The molecule has 2 amide bonds. The van der Waals surface area contributed by atoms with Crippen molar-refractivity contribution in [3.63, 3.8) is 0 Å². The van der Waals surface area contributed by atoms with E-state index in [1.807, 2.05) is 0 Å². The maximum absolute atomic E-state index is 14.5. The van der Waals surface area contributed by atoms with E-state index in [1.165, 1.54) is 38.2 Å². The largest absolute Gasteiger partial charge is 0.497 e. The molecule has 5 rings (SSSR count). The van der Waals surface area contributed by atoms with E-state index in [4.69, 9.17) is 9.47 Å². The molecule has 2 aromatic carbocycles. The van der Waals surface area contributed by atoms with Crippen LogP contribution in [0.3, 0.4) is 0 Å². The first-order chi connectivity index (χ1) is 21.9. The van der Waals surface area contributed by atoms with Gasteiger partial charge in [-0.1, -0.05) is 0 Å². The van der Waals surface area contributed by atoms with Crippen molar-refractivity contribution in [3.05, 3.63) is 57.9 Å². The van der Waals surface area contributed by atoms with Gasteiger partial charge in [0, 0.05) is 62.5 Å². The van der Waals surface area contributed by atoms with Crippen molar-refractivity contribution in [1.82, 2.24) is 20.4 Å². The molecular formula is C31H35F3N6O6. The minimum atomic E-state index is -4.83. The Labute approximate surface area is 262 Å². The number of nitrogens with zero attached hydrogens (tertiary/aromatic N) is 4. The van der Waals surface area contributed by atoms with Crippen LogP contribution in [0.1, 0.15) is 24.5 Å². The fourth-order valence-electron chi connectivity index (χ4n) is 5.74. The Balaban J connectivity index is 1.67. The van der Waals surface area contributed by atoms with Gasteiger partial charge < -0.3 is 35.0 Å². The second-order valence-corrected chi connectivity index (χ2v) is 11.1. The van der Waals surface area contributed by atoms with Crippen molar-refractivity contribution in [1.29, 1.82) is 0 Å². The van der Waals surface area contributed by atoms with Gasteiger partial charge in [-0.2, -0.15) is 23.0 Å². The lowest BCUT2D eigenvalue weighted by Gasteiger charge is -2.23. The van der Waals surface area contributed by atoms with Gasteiger partial charge in [0.15, 0.2) is 0 Å². The number of nitrogens with one attached hydrogen (secondary N) is 2. The smallest absolute Gasteiger partial charge is 0.418 e. The molecule has 0 unspecified atom stereocenters. The summed E-state index contributed by atoms with van der Waals surface area (Å²) in [5.74, 6) is 0.125. The molecule has 0 aliphatic carbocycles. The van der Waals surface area contributed by atoms with Crippen molar-refractivity contribution in [2.24, 2.45) is 0 Å². The van der Waals surface area contributed by atoms with Crippen LogP contribution in [0.4, 0.5) is 24.5 Å². The van der Waals surface area contributed by atoms with Gasteiger partial charge in [-0.25, -0.2) is 0 Å². The molecule has 12 nitrogen and oxygen atoms in total. The number of halogens is 3. The topological polar surface area (TPSA) is 138 Å². The van der Waals surface area contributed by atoms with Crippen LogP contribution in [-0.2, 0) is 22.2 Å². The summed E-state index contributed by atoms with van der Waals surface area (Å²) in [5.41, 5.74) is -0.781. The van der Waals surface area contributed by atoms with E-state index < -0.39 is 35.0 Å². The summed E-state index contributed by atoms with van der Waals surface area (Å²) in [6.45, 7) is 2.37. The second kappa shape index (κ2) is 13.3. The average molecular weight is 645 g/mol. The van der Waals surface area contributed by atoms with Gasteiger partial charge in [0.2, 0.25) is 11.8 Å². The van der Waals surface area contributed by atoms with Crippen molar-refractivity contribution < 1.29 is 37.3 Å². The Kier molecular flexibility index (Phi) is 9.42. The van der Waals surface area contributed by atoms with E-state index in [-0.39, 0.29) is 50.0 Å². The average Bonchev–Trinajstić information content (AvgIpc) is 3.65. The Hall–Kier alpha value is -4.79. The lowest BCUT2D eigenvalue weighted by molar-refractivity contribution is -0.137. The lowest BCUT2D eigenvalue weighted by Crippen LogP contribution is -2.41. The number of carbonyl (C=O) groups is 2. The number of amides is 2. The predicted molar refractivity (Wildman–Crippen MR) is 164 cm³/mol. The van der Waals surface area contributed by atoms with Crippen molar-refractivity contribution in [3.8, 4) is 28.4 Å². The zero-order chi connectivity index (χ0) is 33.2. The maximum Gasteiger partial charge on any atom is 0.418 e. The number of fused-ring (bicyclic) bond motifs is 1. The van der Waals surface area contributed by atoms with E-state index in [0.29, 0.717) is 47.7 Å². The van der Waals surface area contributed by atoms with Crippen LogP contribution in [0.5, 0.6) is 11.5 Å². The van der Waals surface area contributed by atoms with Crippen LogP contribution in [-0.4, -0.2) is 86.3 Å². The molecule has 0 radical (unpaired) electrons. The highest BCUT2D eigenvalue weighted by Gasteiger charge is 2.37. The van der Waals surface area contributed by atoms with Crippen molar-refractivity contribution in [2.75, 3.05) is 63.3 Å². The number of hydrogen-bond acceptors (Lipinski definition) is 9. The highest BCUT2D eigenvalue weighted by molar-refractivity contribution is 5.84. The first-order valence-corrected chi connectivity index (χ1v) is 14.7. The van der Waals surface area contributed by atoms with E-state index >= 15 is 0 Å². The van der Waals surface area contributed by atoms with E-state index in [0.717, 1.165) is 10.7 Å². The SMILES string of the molecule is COc1cc(OC)cc(-c2nn(-c3cc(N4CC[C@H](O)C4)ccc3C(F)(F)F)c(=O)c3c2CCN3CC(=O)NCCNC(C)=O)c1. The van der Waals surface area contributed by atoms with Gasteiger partial charge in [0.1, 0.15) is 17.2 Å². The molecule has 1 fully saturated rings. The molecular weight excluding hydrogens is 609 g/mol. The Bertz CT molecular complexity index is 1670. The lowest BCUT2D eigenvalue weighted by atomic mass is 10.0.